The van der Waals surface area contributed by atoms with Gasteiger partial charge in [-0.05, 0) is 55.7 Å². The lowest BCUT2D eigenvalue weighted by Gasteiger charge is -2.21. The molecule has 1 rings (SSSR count). The number of carbonyl (C=O) groups is 1. The van der Waals surface area contributed by atoms with Crippen molar-refractivity contribution in [1.29, 1.82) is 0 Å². The van der Waals surface area contributed by atoms with E-state index in [1.807, 2.05) is 32.0 Å². The molecule has 0 saturated heterocycles. The number of hydrogen-bond acceptors (Lipinski definition) is 4. The average Bonchev–Trinajstić information content (AvgIpc) is 2.48. The van der Waals surface area contributed by atoms with Crippen LogP contribution in [0.25, 0.3) is 0 Å². The van der Waals surface area contributed by atoms with E-state index in [4.69, 9.17) is 21.7 Å². The van der Waals surface area contributed by atoms with Crippen LogP contribution in [-0.4, -0.2) is 49.9 Å². The van der Waals surface area contributed by atoms with Crippen molar-refractivity contribution >= 4 is 23.2 Å². The van der Waals surface area contributed by atoms with Gasteiger partial charge in [-0.2, -0.15) is 0 Å². The second-order valence-corrected chi connectivity index (χ2v) is 5.67. The van der Waals surface area contributed by atoms with Crippen molar-refractivity contribution in [2.75, 3.05) is 33.9 Å². The van der Waals surface area contributed by atoms with Crippen LogP contribution in [0.1, 0.15) is 17.5 Å². The second kappa shape index (κ2) is 10.0. The quantitative estimate of drug-likeness (QED) is 0.447. The van der Waals surface area contributed by atoms with Crippen molar-refractivity contribution in [2.24, 2.45) is 0 Å². The number of hydrazine groups is 1. The van der Waals surface area contributed by atoms with Crippen LogP contribution in [-0.2, 0) is 9.53 Å². The number of nitrogens with zero attached hydrogens (tertiary/aromatic N) is 1. The summed E-state index contributed by atoms with van der Waals surface area (Å²) in [6.07, 6.45) is 0.842. The predicted molar refractivity (Wildman–Crippen MR) is 94.4 cm³/mol. The highest BCUT2D eigenvalue weighted by Gasteiger charge is 2.09. The Morgan fingerprint density at radius 2 is 1.91 bits per heavy atom. The molecule has 6 nitrogen and oxygen atoms in total. The van der Waals surface area contributed by atoms with Gasteiger partial charge in [0.2, 0.25) is 0 Å². The molecule has 0 unspecified atom stereocenters. The molecule has 0 aliphatic rings. The minimum atomic E-state index is -0.271. The van der Waals surface area contributed by atoms with Gasteiger partial charge < -0.3 is 14.8 Å². The van der Waals surface area contributed by atoms with Gasteiger partial charge in [0.1, 0.15) is 5.75 Å². The van der Waals surface area contributed by atoms with Gasteiger partial charge in [-0.3, -0.25) is 15.2 Å². The minimum absolute atomic E-state index is 0.0699. The zero-order valence-corrected chi connectivity index (χ0v) is 15.0. The molecule has 0 heterocycles. The van der Waals surface area contributed by atoms with Crippen molar-refractivity contribution in [3.05, 3.63) is 29.3 Å². The molecule has 1 aromatic carbocycles. The van der Waals surface area contributed by atoms with Gasteiger partial charge in [-0.25, -0.2) is 0 Å². The summed E-state index contributed by atoms with van der Waals surface area (Å²) in [6.45, 7) is 5.25. The zero-order chi connectivity index (χ0) is 17.2. The van der Waals surface area contributed by atoms with E-state index >= 15 is 0 Å². The number of aryl methyl sites for hydroxylation is 2. The van der Waals surface area contributed by atoms with E-state index in [1.54, 1.807) is 14.2 Å². The van der Waals surface area contributed by atoms with E-state index in [0.717, 1.165) is 17.5 Å². The zero-order valence-electron chi connectivity index (χ0n) is 14.1. The summed E-state index contributed by atoms with van der Waals surface area (Å²) < 4.78 is 10.5. The summed E-state index contributed by atoms with van der Waals surface area (Å²) in [5, 5.41) is 4.95. The molecule has 7 heteroatoms. The summed E-state index contributed by atoms with van der Waals surface area (Å²) in [5.74, 6) is 0.410. The highest BCUT2D eigenvalue weighted by Crippen LogP contribution is 2.15. The molecule has 0 radical (unpaired) electrons. The van der Waals surface area contributed by atoms with Crippen molar-refractivity contribution < 1.29 is 14.3 Å². The normalized spacial score (nSPS) is 10.1. The highest BCUT2D eigenvalue weighted by atomic mass is 32.1. The Morgan fingerprint density at radius 1 is 1.26 bits per heavy atom. The molecule has 2 N–H and O–H groups in total. The lowest BCUT2D eigenvalue weighted by atomic mass is 10.1. The Morgan fingerprint density at radius 3 is 2.52 bits per heavy atom. The highest BCUT2D eigenvalue weighted by molar-refractivity contribution is 7.80. The first-order valence-corrected chi connectivity index (χ1v) is 7.84. The number of amides is 1. The molecule has 0 spiro atoms. The van der Waals surface area contributed by atoms with E-state index in [1.165, 1.54) is 5.01 Å². The molecule has 128 valence electrons. The lowest BCUT2D eigenvalue weighted by Crippen LogP contribution is -2.49. The van der Waals surface area contributed by atoms with Crippen LogP contribution in [0.4, 0.5) is 0 Å². The third kappa shape index (κ3) is 7.80. The van der Waals surface area contributed by atoms with Crippen LogP contribution in [0.3, 0.4) is 0 Å². The molecule has 0 fully saturated rings. The number of carbonyl (C=O) groups excluding carboxylic acids is 1. The third-order valence-electron chi connectivity index (χ3n) is 2.96. The molecule has 0 saturated carbocycles. The monoisotopic (exact) mass is 339 g/mol. The fraction of sp³-hybridized carbons (Fsp3) is 0.500. The summed E-state index contributed by atoms with van der Waals surface area (Å²) in [4.78, 5) is 11.9. The summed E-state index contributed by atoms with van der Waals surface area (Å²) in [6, 6.07) is 5.84. The van der Waals surface area contributed by atoms with Gasteiger partial charge in [0.05, 0.1) is 0 Å². The van der Waals surface area contributed by atoms with Crippen molar-refractivity contribution in [3.8, 4) is 5.75 Å². The Kier molecular flexibility index (Phi) is 8.36. The second-order valence-electron chi connectivity index (χ2n) is 5.28. The number of rotatable bonds is 7. The molecule has 0 aliphatic carbocycles. The molecular weight excluding hydrogens is 314 g/mol. The molecular formula is C16H25N3O3S. The number of methoxy groups -OCH3 is 1. The largest absolute Gasteiger partial charge is 0.484 e. The van der Waals surface area contributed by atoms with Crippen molar-refractivity contribution in [2.45, 2.75) is 20.3 Å². The molecule has 0 atom stereocenters. The van der Waals surface area contributed by atoms with E-state index < -0.39 is 0 Å². The van der Waals surface area contributed by atoms with Crippen LogP contribution in [0.5, 0.6) is 5.75 Å². The third-order valence-corrected chi connectivity index (χ3v) is 3.38. The summed E-state index contributed by atoms with van der Waals surface area (Å²) >= 11 is 5.17. The number of ether oxygens (including phenoxy) is 2. The predicted octanol–water partition coefficient (Wildman–Crippen LogP) is 1.56. The molecule has 23 heavy (non-hydrogen) atoms. The van der Waals surface area contributed by atoms with Crippen molar-refractivity contribution in [1.82, 2.24) is 15.8 Å². The van der Waals surface area contributed by atoms with E-state index in [9.17, 15) is 4.79 Å². The molecule has 0 bridgehead atoms. The Balaban J connectivity index is 2.33. The van der Waals surface area contributed by atoms with E-state index in [0.29, 0.717) is 24.0 Å². The van der Waals surface area contributed by atoms with Gasteiger partial charge in [0.25, 0.3) is 5.91 Å². The van der Waals surface area contributed by atoms with Crippen LogP contribution >= 0.6 is 12.2 Å². The van der Waals surface area contributed by atoms with Gasteiger partial charge in [-0.1, -0.05) is 6.07 Å². The lowest BCUT2D eigenvalue weighted by molar-refractivity contribution is -0.126. The molecule has 1 amide bonds. The summed E-state index contributed by atoms with van der Waals surface area (Å²) in [5.41, 5.74) is 4.85. The van der Waals surface area contributed by atoms with Crippen LogP contribution in [0.15, 0.2) is 18.2 Å². The summed E-state index contributed by atoms with van der Waals surface area (Å²) in [7, 11) is 3.33. The number of thiocarbonyl (C=S) groups is 1. The number of nitrogens with one attached hydrogen (secondary N) is 2. The maximum Gasteiger partial charge on any atom is 0.276 e. The Hall–Kier alpha value is -1.86. The van der Waals surface area contributed by atoms with Crippen LogP contribution in [0.2, 0.25) is 0 Å². The van der Waals surface area contributed by atoms with Gasteiger partial charge in [-0.15, -0.1) is 0 Å². The van der Waals surface area contributed by atoms with Gasteiger partial charge in [0.15, 0.2) is 11.7 Å². The smallest absolute Gasteiger partial charge is 0.276 e. The first-order valence-electron chi connectivity index (χ1n) is 7.43. The van der Waals surface area contributed by atoms with E-state index in [2.05, 4.69) is 10.7 Å². The fourth-order valence-electron chi connectivity index (χ4n) is 1.97. The molecule has 0 aromatic heterocycles. The molecule has 1 aromatic rings. The fourth-order valence-corrected chi connectivity index (χ4v) is 2.11. The topological polar surface area (TPSA) is 62.8 Å². The number of hydrogen-bond donors (Lipinski definition) is 2. The van der Waals surface area contributed by atoms with Crippen molar-refractivity contribution in [3.63, 3.8) is 0 Å². The van der Waals surface area contributed by atoms with E-state index in [-0.39, 0.29) is 12.5 Å². The standard InChI is InChI=1S/C16H25N3O3S/c1-12-8-13(2)10-14(9-12)22-11-15(20)18-19(3)16(23)17-6-5-7-21-4/h8-10H,5-7,11H2,1-4H3,(H,17,23)(H,18,20). The maximum atomic E-state index is 11.9. The minimum Gasteiger partial charge on any atom is -0.484 e. The Bertz CT molecular complexity index is 517. The first kappa shape index (κ1) is 19.2. The van der Waals surface area contributed by atoms with Gasteiger partial charge in [0, 0.05) is 27.3 Å². The van der Waals surface area contributed by atoms with Gasteiger partial charge >= 0.3 is 0 Å². The number of benzene rings is 1. The SMILES string of the molecule is COCCCNC(=S)N(C)NC(=O)COc1cc(C)cc(C)c1. The first-order chi connectivity index (χ1) is 10.9. The van der Waals surface area contributed by atoms with Crippen LogP contribution in [0, 0.1) is 13.8 Å². The Labute approximate surface area is 143 Å². The van der Waals surface area contributed by atoms with Crippen LogP contribution < -0.4 is 15.5 Å². The average molecular weight is 339 g/mol. The molecule has 0 aliphatic heterocycles. The maximum absolute atomic E-state index is 11.9.